The van der Waals surface area contributed by atoms with Crippen LogP contribution in [0.4, 0.5) is 0 Å². The van der Waals surface area contributed by atoms with Crippen LogP contribution in [-0.2, 0) is 0 Å². The molecule has 0 N–H and O–H groups in total. The largest absolute Gasteiger partial charge is 0.497 e. The van der Waals surface area contributed by atoms with Crippen molar-refractivity contribution in [3.05, 3.63) is 34.2 Å². The molecule has 1 aromatic rings. The van der Waals surface area contributed by atoms with Gasteiger partial charge in [0.2, 0.25) is 0 Å². The highest BCUT2D eigenvalue weighted by Crippen LogP contribution is 2.30. The minimum Gasteiger partial charge on any atom is -0.497 e. The first-order valence-corrected chi connectivity index (χ1v) is 4.49. The fourth-order valence-electron chi connectivity index (χ4n) is 1.30. The zero-order chi connectivity index (χ0) is 11.3. The van der Waals surface area contributed by atoms with Crippen LogP contribution in [0, 0.1) is 0 Å². The van der Waals surface area contributed by atoms with Gasteiger partial charge < -0.3 is 9.47 Å². The molecule has 0 radical (unpaired) electrons. The van der Waals surface area contributed by atoms with Crippen LogP contribution in [0.3, 0.4) is 0 Å². The molecule has 0 bridgehead atoms. The van der Waals surface area contributed by atoms with Crippen LogP contribution in [0.15, 0.2) is 23.3 Å². The highest BCUT2D eigenvalue weighted by Gasteiger charge is 2.10. The number of ether oxygens (including phenoxy) is 2. The second kappa shape index (κ2) is 5.12. The van der Waals surface area contributed by atoms with Crippen LogP contribution >= 0.6 is 0 Å². The van der Waals surface area contributed by atoms with Gasteiger partial charge in [0.05, 0.1) is 20.3 Å². The molecule has 0 fully saturated rings. The third-order valence-electron chi connectivity index (χ3n) is 2.12. The van der Waals surface area contributed by atoms with E-state index >= 15 is 0 Å². The molecular formula is C10H13N3O2. The van der Waals surface area contributed by atoms with E-state index in [4.69, 9.17) is 15.0 Å². The number of benzene rings is 1. The average molecular weight is 207 g/mol. The normalized spacial score (nSPS) is 11.4. The van der Waals surface area contributed by atoms with Gasteiger partial charge in [-0.25, -0.2) is 0 Å². The highest BCUT2D eigenvalue weighted by molar-refractivity contribution is 5.42. The molecule has 0 aliphatic heterocycles. The second-order valence-corrected chi connectivity index (χ2v) is 2.99. The Bertz CT molecular complexity index is 386. The van der Waals surface area contributed by atoms with Crippen LogP contribution in [-0.4, -0.2) is 14.2 Å². The summed E-state index contributed by atoms with van der Waals surface area (Å²) in [5.41, 5.74) is 9.20. The van der Waals surface area contributed by atoms with Crippen LogP contribution in [0.5, 0.6) is 11.5 Å². The van der Waals surface area contributed by atoms with E-state index in [0.29, 0.717) is 11.5 Å². The number of nitrogens with zero attached hydrogens (tertiary/aromatic N) is 3. The van der Waals surface area contributed by atoms with E-state index < -0.39 is 0 Å². The fraction of sp³-hybridized carbons (Fsp3) is 0.400. The topological polar surface area (TPSA) is 67.2 Å². The summed E-state index contributed by atoms with van der Waals surface area (Å²) < 4.78 is 10.3. The third-order valence-corrected chi connectivity index (χ3v) is 2.12. The van der Waals surface area contributed by atoms with Gasteiger partial charge in [-0.3, -0.25) is 0 Å². The maximum Gasteiger partial charge on any atom is 0.126 e. The molecule has 0 heterocycles. The SMILES string of the molecule is COc1ccc([C@H](C)N=[N+]=[N-])c(OC)c1. The van der Waals surface area contributed by atoms with Crippen molar-refractivity contribution in [1.82, 2.24) is 0 Å². The van der Waals surface area contributed by atoms with E-state index in [2.05, 4.69) is 10.0 Å². The summed E-state index contributed by atoms with van der Waals surface area (Å²) in [4.78, 5) is 2.77. The summed E-state index contributed by atoms with van der Waals surface area (Å²) in [7, 11) is 3.16. The Hall–Kier alpha value is -1.87. The Morgan fingerprint density at radius 3 is 2.60 bits per heavy atom. The van der Waals surface area contributed by atoms with Gasteiger partial charge in [0, 0.05) is 16.5 Å². The summed E-state index contributed by atoms with van der Waals surface area (Å²) in [5, 5.41) is 3.62. The van der Waals surface area contributed by atoms with E-state index in [1.165, 1.54) is 0 Å². The summed E-state index contributed by atoms with van der Waals surface area (Å²) in [6.45, 7) is 1.81. The number of azide groups is 1. The predicted molar refractivity (Wildman–Crippen MR) is 57.1 cm³/mol. The maximum absolute atomic E-state index is 8.36. The van der Waals surface area contributed by atoms with Crippen molar-refractivity contribution in [1.29, 1.82) is 0 Å². The molecular weight excluding hydrogens is 194 g/mol. The Balaban J connectivity index is 3.12. The first kappa shape index (κ1) is 11.2. The lowest BCUT2D eigenvalue weighted by Crippen LogP contribution is -1.95. The molecule has 0 saturated carbocycles. The first-order valence-electron chi connectivity index (χ1n) is 4.49. The van der Waals surface area contributed by atoms with Gasteiger partial charge in [0.1, 0.15) is 11.5 Å². The Kier molecular flexibility index (Phi) is 3.83. The van der Waals surface area contributed by atoms with Crippen LogP contribution in [0.25, 0.3) is 10.4 Å². The molecule has 5 heteroatoms. The van der Waals surface area contributed by atoms with E-state index in [1.54, 1.807) is 26.4 Å². The zero-order valence-corrected chi connectivity index (χ0v) is 8.97. The van der Waals surface area contributed by atoms with Crippen molar-refractivity contribution >= 4 is 0 Å². The van der Waals surface area contributed by atoms with Crippen molar-refractivity contribution in [3.63, 3.8) is 0 Å². The number of methoxy groups -OCH3 is 2. The lowest BCUT2D eigenvalue weighted by Gasteiger charge is -2.12. The van der Waals surface area contributed by atoms with Gasteiger partial charge in [-0.05, 0) is 11.6 Å². The molecule has 1 aromatic carbocycles. The van der Waals surface area contributed by atoms with Crippen LogP contribution < -0.4 is 9.47 Å². The molecule has 80 valence electrons. The Labute approximate surface area is 88.3 Å². The average Bonchev–Trinajstić information content (AvgIpc) is 2.28. The molecule has 0 spiro atoms. The van der Waals surface area contributed by atoms with Gasteiger partial charge in [-0.2, -0.15) is 0 Å². The predicted octanol–water partition coefficient (Wildman–Crippen LogP) is 3.08. The number of hydrogen-bond acceptors (Lipinski definition) is 3. The smallest absolute Gasteiger partial charge is 0.126 e. The zero-order valence-electron chi connectivity index (χ0n) is 8.97. The molecule has 0 aliphatic rings. The van der Waals surface area contributed by atoms with Crippen LogP contribution in [0.1, 0.15) is 18.5 Å². The highest BCUT2D eigenvalue weighted by atomic mass is 16.5. The van der Waals surface area contributed by atoms with Crippen LogP contribution in [0.2, 0.25) is 0 Å². The van der Waals surface area contributed by atoms with Crippen molar-refractivity contribution in [3.8, 4) is 11.5 Å². The molecule has 1 rings (SSSR count). The summed E-state index contributed by atoms with van der Waals surface area (Å²) >= 11 is 0. The fourth-order valence-corrected chi connectivity index (χ4v) is 1.30. The van der Waals surface area contributed by atoms with E-state index in [-0.39, 0.29) is 6.04 Å². The van der Waals surface area contributed by atoms with Gasteiger partial charge >= 0.3 is 0 Å². The maximum atomic E-state index is 8.36. The molecule has 1 atom stereocenters. The first-order chi connectivity index (χ1) is 7.22. The standard InChI is InChI=1S/C10H13N3O2/c1-7(12-13-11)9-5-4-8(14-2)6-10(9)15-3/h4-7H,1-3H3/t7-/m0/s1. The Morgan fingerprint density at radius 1 is 1.33 bits per heavy atom. The van der Waals surface area contributed by atoms with E-state index in [0.717, 1.165) is 5.56 Å². The van der Waals surface area contributed by atoms with E-state index in [9.17, 15) is 0 Å². The Morgan fingerprint density at radius 2 is 2.07 bits per heavy atom. The monoisotopic (exact) mass is 207 g/mol. The molecule has 15 heavy (non-hydrogen) atoms. The molecule has 0 saturated heterocycles. The second-order valence-electron chi connectivity index (χ2n) is 2.99. The van der Waals surface area contributed by atoms with Gasteiger partial charge in [-0.1, -0.05) is 18.1 Å². The van der Waals surface area contributed by atoms with Crippen molar-refractivity contribution < 1.29 is 9.47 Å². The van der Waals surface area contributed by atoms with Gasteiger partial charge in [0.25, 0.3) is 0 Å². The number of rotatable bonds is 4. The lowest BCUT2D eigenvalue weighted by atomic mass is 10.1. The number of hydrogen-bond donors (Lipinski definition) is 0. The molecule has 0 unspecified atom stereocenters. The lowest BCUT2D eigenvalue weighted by molar-refractivity contribution is 0.389. The molecule has 0 amide bonds. The third kappa shape index (κ3) is 2.54. The van der Waals surface area contributed by atoms with Gasteiger partial charge in [-0.15, -0.1) is 0 Å². The molecule has 0 aliphatic carbocycles. The van der Waals surface area contributed by atoms with Crippen molar-refractivity contribution in [2.24, 2.45) is 5.11 Å². The summed E-state index contributed by atoms with van der Waals surface area (Å²) in [6.07, 6.45) is 0. The summed E-state index contributed by atoms with van der Waals surface area (Å²) in [6, 6.07) is 5.15. The molecule has 5 nitrogen and oxygen atoms in total. The summed E-state index contributed by atoms with van der Waals surface area (Å²) in [5.74, 6) is 1.37. The van der Waals surface area contributed by atoms with Gasteiger partial charge in [0.15, 0.2) is 0 Å². The molecule has 0 aromatic heterocycles. The van der Waals surface area contributed by atoms with Crippen molar-refractivity contribution in [2.45, 2.75) is 13.0 Å². The van der Waals surface area contributed by atoms with E-state index in [1.807, 2.05) is 13.0 Å². The minimum atomic E-state index is -0.254. The van der Waals surface area contributed by atoms with Crippen molar-refractivity contribution in [2.75, 3.05) is 14.2 Å². The quantitative estimate of drug-likeness (QED) is 0.432. The minimum absolute atomic E-state index is 0.254.